The first-order valence-corrected chi connectivity index (χ1v) is 6.09. The molecule has 0 aliphatic heterocycles. The van der Waals surface area contributed by atoms with Gasteiger partial charge in [-0.15, -0.1) is 0 Å². The number of nitrogens with zero attached hydrogens (tertiary/aromatic N) is 1. The fraction of sp³-hybridized carbons (Fsp3) is 0.462. The fourth-order valence-corrected chi connectivity index (χ4v) is 1.93. The van der Waals surface area contributed by atoms with Crippen LogP contribution in [0.1, 0.15) is 37.6 Å². The zero-order valence-electron chi connectivity index (χ0n) is 10.1. The minimum absolute atomic E-state index is 0.157. The number of anilines is 1. The van der Waals surface area contributed by atoms with Crippen molar-refractivity contribution < 1.29 is 4.79 Å². The van der Waals surface area contributed by atoms with Crippen LogP contribution in [0.4, 0.5) is 5.69 Å². The number of benzene rings is 1. The van der Waals surface area contributed by atoms with Crippen LogP contribution in [0.2, 0.25) is 5.02 Å². The molecule has 0 atom stereocenters. The summed E-state index contributed by atoms with van der Waals surface area (Å²) < 4.78 is 0. The van der Waals surface area contributed by atoms with Crippen LogP contribution in [0.15, 0.2) is 18.2 Å². The Morgan fingerprint density at radius 1 is 1.25 bits per heavy atom. The van der Waals surface area contributed by atoms with Crippen molar-refractivity contribution in [1.29, 1.82) is 0 Å². The van der Waals surface area contributed by atoms with Gasteiger partial charge < -0.3 is 4.90 Å². The summed E-state index contributed by atoms with van der Waals surface area (Å²) in [5.41, 5.74) is 1.69. The van der Waals surface area contributed by atoms with Crippen LogP contribution in [0.5, 0.6) is 0 Å². The number of carbonyl (C=O) groups excluding carboxylic acids is 1. The SMILES string of the molecule is CCC(=O)c1ccc(Cl)c(N(CC)CC)c1. The molecule has 0 fully saturated rings. The average molecular weight is 240 g/mol. The van der Waals surface area contributed by atoms with Crippen molar-refractivity contribution in [2.24, 2.45) is 0 Å². The van der Waals surface area contributed by atoms with Crippen LogP contribution in [0.3, 0.4) is 0 Å². The van der Waals surface area contributed by atoms with Crippen LogP contribution in [-0.2, 0) is 0 Å². The molecule has 1 aromatic rings. The van der Waals surface area contributed by atoms with Crippen molar-refractivity contribution in [3.63, 3.8) is 0 Å². The van der Waals surface area contributed by atoms with Crippen LogP contribution >= 0.6 is 11.6 Å². The molecule has 16 heavy (non-hydrogen) atoms. The molecule has 0 radical (unpaired) electrons. The lowest BCUT2D eigenvalue weighted by Gasteiger charge is -2.22. The van der Waals surface area contributed by atoms with E-state index in [4.69, 9.17) is 11.6 Å². The summed E-state index contributed by atoms with van der Waals surface area (Å²) >= 11 is 6.14. The van der Waals surface area contributed by atoms with E-state index in [-0.39, 0.29) is 5.78 Å². The Morgan fingerprint density at radius 2 is 1.88 bits per heavy atom. The summed E-state index contributed by atoms with van der Waals surface area (Å²) in [6.45, 7) is 7.80. The molecular weight excluding hydrogens is 222 g/mol. The number of Topliss-reactive ketones (excluding diaryl/α,β-unsaturated/α-hetero) is 1. The standard InChI is InChI=1S/C13H18ClNO/c1-4-13(16)10-7-8-11(14)12(9-10)15(5-2)6-3/h7-9H,4-6H2,1-3H3. The highest BCUT2D eigenvalue weighted by molar-refractivity contribution is 6.33. The fourth-order valence-electron chi connectivity index (χ4n) is 1.70. The van der Waals surface area contributed by atoms with Gasteiger partial charge in [0.1, 0.15) is 0 Å². The van der Waals surface area contributed by atoms with E-state index >= 15 is 0 Å². The van der Waals surface area contributed by atoms with E-state index in [9.17, 15) is 4.79 Å². The average Bonchev–Trinajstić information content (AvgIpc) is 2.32. The monoisotopic (exact) mass is 239 g/mol. The molecule has 0 heterocycles. The molecule has 0 saturated carbocycles. The third-order valence-electron chi connectivity index (χ3n) is 2.69. The van der Waals surface area contributed by atoms with Gasteiger partial charge in [-0.05, 0) is 32.0 Å². The minimum atomic E-state index is 0.157. The van der Waals surface area contributed by atoms with Gasteiger partial charge in [0.25, 0.3) is 0 Å². The van der Waals surface area contributed by atoms with Crippen molar-refractivity contribution in [1.82, 2.24) is 0 Å². The van der Waals surface area contributed by atoms with E-state index in [1.807, 2.05) is 13.0 Å². The Morgan fingerprint density at radius 3 is 2.38 bits per heavy atom. The summed E-state index contributed by atoms with van der Waals surface area (Å²) in [6, 6.07) is 5.49. The van der Waals surface area contributed by atoms with Crippen molar-refractivity contribution in [2.45, 2.75) is 27.2 Å². The molecule has 1 aromatic carbocycles. The van der Waals surface area contributed by atoms with Crippen LogP contribution in [0, 0.1) is 0 Å². The molecule has 1 rings (SSSR count). The predicted octanol–water partition coefficient (Wildman–Crippen LogP) is 3.78. The maximum Gasteiger partial charge on any atom is 0.162 e. The highest BCUT2D eigenvalue weighted by Gasteiger charge is 2.10. The lowest BCUT2D eigenvalue weighted by Crippen LogP contribution is -2.22. The number of hydrogen-bond donors (Lipinski definition) is 0. The Balaban J connectivity index is 3.12. The van der Waals surface area contributed by atoms with Crippen LogP contribution in [-0.4, -0.2) is 18.9 Å². The summed E-state index contributed by atoms with van der Waals surface area (Å²) in [5.74, 6) is 0.157. The maximum atomic E-state index is 11.6. The highest BCUT2D eigenvalue weighted by atomic mass is 35.5. The lowest BCUT2D eigenvalue weighted by atomic mass is 10.1. The van der Waals surface area contributed by atoms with Crippen LogP contribution in [0.25, 0.3) is 0 Å². The van der Waals surface area contributed by atoms with Gasteiger partial charge in [-0.2, -0.15) is 0 Å². The Kier molecular flexibility index (Phi) is 4.81. The van der Waals surface area contributed by atoms with Gasteiger partial charge in [0.2, 0.25) is 0 Å². The molecule has 3 heteroatoms. The first-order valence-electron chi connectivity index (χ1n) is 5.71. The molecule has 0 saturated heterocycles. The van der Waals surface area contributed by atoms with E-state index in [1.54, 1.807) is 12.1 Å². The quantitative estimate of drug-likeness (QED) is 0.729. The summed E-state index contributed by atoms with van der Waals surface area (Å²) in [4.78, 5) is 13.8. The summed E-state index contributed by atoms with van der Waals surface area (Å²) in [7, 11) is 0. The van der Waals surface area contributed by atoms with Gasteiger partial charge >= 0.3 is 0 Å². The summed E-state index contributed by atoms with van der Waals surface area (Å²) in [5, 5.41) is 0.705. The molecule has 0 aromatic heterocycles. The van der Waals surface area contributed by atoms with Crippen LogP contribution < -0.4 is 4.90 Å². The van der Waals surface area contributed by atoms with E-state index in [1.165, 1.54) is 0 Å². The molecular formula is C13H18ClNO. The molecule has 88 valence electrons. The number of carbonyl (C=O) groups is 1. The third-order valence-corrected chi connectivity index (χ3v) is 3.01. The molecule has 0 aliphatic carbocycles. The lowest BCUT2D eigenvalue weighted by molar-refractivity contribution is 0.0988. The zero-order chi connectivity index (χ0) is 12.1. The molecule has 0 amide bonds. The first-order chi connectivity index (χ1) is 7.63. The largest absolute Gasteiger partial charge is 0.371 e. The third kappa shape index (κ3) is 2.76. The van der Waals surface area contributed by atoms with Crippen molar-refractivity contribution in [2.75, 3.05) is 18.0 Å². The molecule has 0 N–H and O–H groups in total. The molecule has 0 bridgehead atoms. The molecule has 0 spiro atoms. The van der Waals surface area contributed by atoms with Gasteiger partial charge in [-0.3, -0.25) is 4.79 Å². The number of ketones is 1. The smallest absolute Gasteiger partial charge is 0.162 e. The normalized spacial score (nSPS) is 10.2. The number of rotatable bonds is 5. The van der Waals surface area contributed by atoms with Gasteiger partial charge in [0.05, 0.1) is 10.7 Å². The topological polar surface area (TPSA) is 20.3 Å². The summed E-state index contributed by atoms with van der Waals surface area (Å²) in [6.07, 6.45) is 0.527. The number of halogens is 1. The molecule has 0 aliphatic rings. The van der Waals surface area contributed by atoms with Crippen molar-refractivity contribution in [3.05, 3.63) is 28.8 Å². The highest BCUT2D eigenvalue weighted by Crippen LogP contribution is 2.27. The number of hydrogen-bond acceptors (Lipinski definition) is 2. The second-order valence-corrected chi connectivity index (χ2v) is 4.02. The van der Waals surface area contributed by atoms with E-state index in [2.05, 4.69) is 18.7 Å². The van der Waals surface area contributed by atoms with Gasteiger partial charge in [-0.1, -0.05) is 18.5 Å². The Bertz CT molecular complexity index is 372. The Hall–Kier alpha value is -1.02. The second-order valence-electron chi connectivity index (χ2n) is 3.62. The molecule has 0 unspecified atom stereocenters. The second kappa shape index (κ2) is 5.90. The maximum absolute atomic E-state index is 11.6. The van der Waals surface area contributed by atoms with E-state index in [0.717, 1.165) is 24.3 Å². The van der Waals surface area contributed by atoms with Crippen molar-refractivity contribution in [3.8, 4) is 0 Å². The first kappa shape index (κ1) is 13.0. The molecule has 2 nitrogen and oxygen atoms in total. The van der Waals surface area contributed by atoms with Gasteiger partial charge in [0, 0.05) is 25.1 Å². The van der Waals surface area contributed by atoms with E-state index in [0.29, 0.717) is 11.4 Å². The van der Waals surface area contributed by atoms with Crippen molar-refractivity contribution >= 4 is 23.1 Å². The zero-order valence-corrected chi connectivity index (χ0v) is 10.8. The van der Waals surface area contributed by atoms with Gasteiger partial charge in [-0.25, -0.2) is 0 Å². The van der Waals surface area contributed by atoms with E-state index < -0.39 is 0 Å². The van der Waals surface area contributed by atoms with Gasteiger partial charge in [0.15, 0.2) is 5.78 Å². The Labute approximate surface area is 102 Å². The minimum Gasteiger partial charge on any atom is -0.371 e. The predicted molar refractivity (Wildman–Crippen MR) is 69.6 cm³/mol.